The van der Waals surface area contributed by atoms with Gasteiger partial charge in [0.05, 0.1) is 4.99 Å². The molecule has 0 aliphatic carbocycles. The molecule has 0 saturated carbocycles. The Hall–Kier alpha value is -1.43. The Morgan fingerprint density at radius 2 is 2.47 bits per heavy atom. The summed E-state index contributed by atoms with van der Waals surface area (Å²) in [6.45, 7) is 1.94. The van der Waals surface area contributed by atoms with Crippen molar-refractivity contribution in [1.29, 1.82) is 0 Å². The first-order valence-electron chi connectivity index (χ1n) is 4.57. The van der Waals surface area contributed by atoms with Crippen LogP contribution in [0.15, 0.2) is 17.2 Å². The van der Waals surface area contributed by atoms with Crippen LogP contribution in [0, 0.1) is 0 Å². The van der Waals surface area contributed by atoms with Crippen molar-refractivity contribution in [3.8, 4) is 0 Å². The summed E-state index contributed by atoms with van der Waals surface area (Å²) < 4.78 is 0. The molecule has 6 heteroatoms. The Kier molecular flexibility index (Phi) is 3.79. The van der Waals surface area contributed by atoms with Crippen LogP contribution in [0.4, 0.5) is 5.82 Å². The highest BCUT2D eigenvalue weighted by Crippen LogP contribution is 2.07. The summed E-state index contributed by atoms with van der Waals surface area (Å²) in [5.41, 5.74) is 5.23. The van der Waals surface area contributed by atoms with Gasteiger partial charge in [-0.15, -0.1) is 0 Å². The maximum absolute atomic E-state index is 11.4. The number of hydrogen-bond donors (Lipinski definition) is 2. The second-order valence-electron chi connectivity index (χ2n) is 3.37. The number of aromatic amines is 1. The number of nitrogens with zero attached hydrogens (tertiary/aromatic N) is 2. The Balaban J connectivity index is 2.85. The fourth-order valence-corrected chi connectivity index (χ4v) is 1.47. The molecule has 0 aliphatic rings. The molecule has 0 aromatic carbocycles. The third-order valence-corrected chi connectivity index (χ3v) is 2.35. The molecule has 3 N–H and O–H groups in total. The number of hydrogen-bond acceptors (Lipinski definition) is 4. The van der Waals surface area contributed by atoms with Gasteiger partial charge in [-0.1, -0.05) is 12.2 Å². The van der Waals surface area contributed by atoms with Gasteiger partial charge < -0.3 is 15.6 Å². The predicted octanol–water partition coefficient (Wildman–Crippen LogP) is 0.271. The first-order valence-corrected chi connectivity index (χ1v) is 4.98. The number of H-pyrrole nitrogens is 1. The first kappa shape index (κ1) is 11.6. The SMILES string of the molecule is CC(CC(N)=S)N(C)c1ncc[nH]c1=O. The molecule has 0 spiro atoms. The van der Waals surface area contributed by atoms with E-state index in [2.05, 4.69) is 9.97 Å². The van der Waals surface area contributed by atoms with Crippen LogP contribution < -0.4 is 16.2 Å². The van der Waals surface area contributed by atoms with E-state index in [0.717, 1.165) is 0 Å². The standard InChI is InChI=1S/C9H14N4OS/c1-6(5-7(10)15)13(2)8-9(14)12-4-3-11-8/h3-4,6H,5H2,1-2H3,(H2,10,15)(H,12,14). The highest BCUT2D eigenvalue weighted by molar-refractivity contribution is 7.80. The van der Waals surface area contributed by atoms with E-state index in [1.54, 1.807) is 18.1 Å². The molecular formula is C9H14N4OS. The molecule has 1 unspecified atom stereocenters. The number of aromatic nitrogens is 2. The summed E-state index contributed by atoms with van der Waals surface area (Å²) in [6, 6.07) is 0.0542. The van der Waals surface area contributed by atoms with Gasteiger partial charge in [0, 0.05) is 31.9 Å². The van der Waals surface area contributed by atoms with Gasteiger partial charge in [-0.3, -0.25) is 4.79 Å². The van der Waals surface area contributed by atoms with Crippen molar-refractivity contribution in [2.24, 2.45) is 5.73 Å². The zero-order valence-electron chi connectivity index (χ0n) is 8.73. The van der Waals surface area contributed by atoms with Crippen LogP contribution in [0.5, 0.6) is 0 Å². The molecule has 0 amide bonds. The third-order valence-electron chi connectivity index (χ3n) is 2.18. The third kappa shape index (κ3) is 3.02. The summed E-state index contributed by atoms with van der Waals surface area (Å²) >= 11 is 4.82. The van der Waals surface area contributed by atoms with Gasteiger partial charge in [-0.2, -0.15) is 0 Å². The zero-order valence-corrected chi connectivity index (χ0v) is 9.54. The van der Waals surface area contributed by atoms with Gasteiger partial charge in [0.15, 0.2) is 5.82 Å². The normalized spacial score (nSPS) is 12.1. The topological polar surface area (TPSA) is 75.0 Å². The van der Waals surface area contributed by atoms with Crippen LogP contribution in [0.1, 0.15) is 13.3 Å². The van der Waals surface area contributed by atoms with Gasteiger partial charge in [0.2, 0.25) is 0 Å². The Bertz CT molecular complexity index is 403. The summed E-state index contributed by atoms with van der Waals surface area (Å²) in [7, 11) is 1.79. The number of nitrogens with two attached hydrogens (primary N) is 1. The predicted molar refractivity (Wildman–Crippen MR) is 64.1 cm³/mol. The maximum atomic E-state index is 11.4. The van der Waals surface area contributed by atoms with E-state index < -0.39 is 0 Å². The highest BCUT2D eigenvalue weighted by atomic mass is 32.1. The second-order valence-corrected chi connectivity index (χ2v) is 3.90. The molecule has 15 heavy (non-hydrogen) atoms. The number of anilines is 1. The molecular weight excluding hydrogens is 212 g/mol. The summed E-state index contributed by atoms with van der Waals surface area (Å²) in [5, 5.41) is 0. The molecule has 0 bridgehead atoms. The Morgan fingerprint density at radius 1 is 1.80 bits per heavy atom. The van der Waals surface area contributed by atoms with Crippen molar-refractivity contribution in [1.82, 2.24) is 9.97 Å². The monoisotopic (exact) mass is 226 g/mol. The van der Waals surface area contributed by atoms with Crippen molar-refractivity contribution in [2.45, 2.75) is 19.4 Å². The quantitative estimate of drug-likeness (QED) is 0.721. The second kappa shape index (κ2) is 4.88. The lowest BCUT2D eigenvalue weighted by atomic mass is 10.2. The average Bonchev–Trinajstić information content (AvgIpc) is 2.16. The van der Waals surface area contributed by atoms with E-state index in [0.29, 0.717) is 17.2 Å². The van der Waals surface area contributed by atoms with E-state index in [9.17, 15) is 4.79 Å². The maximum Gasteiger partial charge on any atom is 0.290 e. The minimum Gasteiger partial charge on any atom is -0.393 e. The van der Waals surface area contributed by atoms with Crippen LogP contribution in [0.3, 0.4) is 0 Å². The van der Waals surface area contributed by atoms with Crippen molar-refractivity contribution < 1.29 is 0 Å². The van der Waals surface area contributed by atoms with E-state index in [1.807, 2.05) is 6.92 Å². The molecule has 1 aromatic heterocycles. The van der Waals surface area contributed by atoms with Crippen molar-refractivity contribution in [3.63, 3.8) is 0 Å². The van der Waals surface area contributed by atoms with E-state index >= 15 is 0 Å². The van der Waals surface area contributed by atoms with Gasteiger partial charge in [0.1, 0.15) is 0 Å². The lowest BCUT2D eigenvalue weighted by Crippen LogP contribution is -2.36. The van der Waals surface area contributed by atoms with Gasteiger partial charge in [-0.05, 0) is 6.92 Å². The van der Waals surface area contributed by atoms with Crippen LogP contribution in [-0.2, 0) is 0 Å². The average molecular weight is 226 g/mol. The van der Waals surface area contributed by atoms with Crippen molar-refractivity contribution >= 4 is 23.0 Å². The molecule has 1 rings (SSSR count). The minimum atomic E-state index is -0.213. The van der Waals surface area contributed by atoms with Gasteiger partial charge in [0.25, 0.3) is 5.56 Å². The van der Waals surface area contributed by atoms with Crippen LogP contribution >= 0.6 is 12.2 Å². The van der Waals surface area contributed by atoms with Crippen molar-refractivity contribution in [3.05, 3.63) is 22.7 Å². The molecule has 0 aliphatic heterocycles. The lowest BCUT2D eigenvalue weighted by molar-refractivity contribution is 0.700. The number of rotatable bonds is 4. The van der Waals surface area contributed by atoms with Crippen LogP contribution in [-0.4, -0.2) is 28.0 Å². The van der Waals surface area contributed by atoms with E-state index in [-0.39, 0.29) is 11.6 Å². The zero-order chi connectivity index (χ0) is 11.4. The molecule has 0 radical (unpaired) electrons. The van der Waals surface area contributed by atoms with Gasteiger partial charge in [-0.25, -0.2) is 4.98 Å². The summed E-state index contributed by atoms with van der Waals surface area (Å²) in [6.07, 6.45) is 3.60. The fraction of sp³-hybridized carbons (Fsp3) is 0.444. The van der Waals surface area contributed by atoms with Gasteiger partial charge >= 0.3 is 0 Å². The summed E-state index contributed by atoms with van der Waals surface area (Å²) in [4.78, 5) is 20.2. The largest absolute Gasteiger partial charge is 0.393 e. The van der Waals surface area contributed by atoms with E-state index in [4.69, 9.17) is 18.0 Å². The first-order chi connectivity index (χ1) is 7.02. The minimum absolute atomic E-state index is 0.0542. The van der Waals surface area contributed by atoms with E-state index in [1.165, 1.54) is 6.20 Å². The highest BCUT2D eigenvalue weighted by Gasteiger charge is 2.14. The molecule has 1 atom stereocenters. The number of nitrogens with one attached hydrogen (secondary N) is 1. The molecule has 0 saturated heterocycles. The van der Waals surface area contributed by atoms with Crippen LogP contribution in [0.25, 0.3) is 0 Å². The van der Waals surface area contributed by atoms with Crippen LogP contribution in [0.2, 0.25) is 0 Å². The molecule has 1 heterocycles. The molecule has 82 valence electrons. The molecule has 0 fully saturated rings. The molecule has 1 aromatic rings. The smallest absolute Gasteiger partial charge is 0.290 e. The lowest BCUT2D eigenvalue weighted by Gasteiger charge is -2.24. The van der Waals surface area contributed by atoms with Crippen molar-refractivity contribution in [2.75, 3.05) is 11.9 Å². The Labute approximate surface area is 93.3 Å². The Morgan fingerprint density at radius 3 is 3.00 bits per heavy atom. The summed E-state index contributed by atoms with van der Waals surface area (Å²) in [5.74, 6) is 0.376. The number of thiocarbonyl (C=S) groups is 1. The fourth-order valence-electron chi connectivity index (χ4n) is 1.23. The molecule has 5 nitrogen and oxygen atoms in total.